The number of hydrogen-bond acceptors (Lipinski definition) is 2. The zero-order valence-electron chi connectivity index (χ0n) is 3.84. The molecule has 40 valence electrons. The van der Waals surface area contributed by atoms with Crippen molar-refractivity contribution in [2.24, 2.45) is 4.99 Å². The predicted octanol–water partition coefficient (Wildman–Crippen LogP) is -1.25. The second-order valence-corrected chi connectivity index (χ2v) is 1.16. The van der Waals surface area contributed by atoms with Crippen LogP contribution in [-0.4, -0.2) is 18.2 Å². The van der Waals surface area contributed by atoms with E-state index < -0.39 is 11.8 Å². The Hall–Kier alpha value is -1.19. The minimum Gasteiger partial charge on any atom is -0.316 e. The molecule has 0 spiro atoms. The predicted molar refractivity (Wildman–Crippen MR) is 24.9 cm³/mol. The van der Waals surface area contributed by atoms with Crippen LogP contribution >= 0.6 is 0 Å². The first-order valence-electron chi connectivity index (χ1n) is 1.93. The molecule has 2 radical (unpaired) electrons. The van der Waals surface area contributed by atoms with Crippen LogP contribution in [0, 0.1) is 6.42 Å². The Morgan fingerprint density at radius 2 is 2.38 bits per heavy atom. The molecule has 0 aliphatic carbocycles. The van der Waals surface area contributed by atoms with Crippen molar-refractivity contribution < 1.29 is 9.59 Å². The third kappa shape index (κ3) is 0.900. The van der Waals surface area contributed by atoms with E-state index in [1.54, 1.807) is 0 Å². The maximum Gasteiger partial charge on any atom is 0.266 e. The number of nitrogens with zero attached hydrogens (tertiary/aromatic N) is 1. The number of amides is 2. The van der Waals surface area contributed by atoms with E-state index >= 15 is 0 Å². The van der Waals surface area contributed by atoms with E-state index in [4.69, 9.17) is 0 Å². The molecule has 4 nitrogen and oxygen atoms in total. The second kappa shape index (κ2) is 1.73. The molecular weight excluding hydrogens is 108 g/mol. The molecule has 0 saturated heterocycles. The van der Waals surface area contributed by atoms with Crippen molar-refractivity contribution in [2.45, 2.75) is 0 Å². The van der Waals surface area contributed by atoms with E-state index in [0.29, 0.717) is 0 Å². The summed E-state index contributed by atoms with van der Waals surface area (Å²) in [7, 11) is 0. The molecule has 8 heavy (non-hydrogen) atoms. The van der Waals surface area contributed by atoms with E-state index in [1.165, 1.54) is 0 Å². The van der Waals surface area contributed by atoms with Crippen LogP contribution in [0.1, 0.15) is 0 Å². The van der Waals surface area contributed by atoms with Crippen molar-refractivity contribution in [3.8, 4) is 0 Å². The molecule has 0 fully saturated rings. The summed E-state index contributed by atoms with van der Waals surface area (Å²) >= 11 is 0. The van der Waals surface area contributed by atoms with Crippen LogP contribution in [0.3, 0.4) is 0 Å². The molecule has 0 unspecified atom stereocenters. The topological polar surface area (TPSA) is 58.5 Å². The van der Waals surface area contributed by atoms with Crippen molar-refractivity contribution in [2.75, 3.05) is 0 Å². The zero-order chi connectivity index (χ0) is 5.98. The third-order valence-electron chi connectivity index (χ3n) is 0.598. The molecule has 1 heterocycles. The van der Waals surface area contributed by atoms with E-state index in [-0.39, 0.29) is 0 Å². The molecule has 1 N–H and O–H groups in total. The van der Waals surface area contributed by atoms with Gasteiger partial charge in [0.15, 0.2) is 6.42 Å². The molecule has 2 amide bonds. The van der Waals surface area contributed by atoms with Gasteiger partial charge in [0.05, 0.1) is 6.34 Å². The lowest BCUT2D eigenvalue weighted by molar-refractivity contribution is -0.122. The molecule has 0 aromatic heterocycles. The van der Waals surface area contributed by atoms with E-state index in [9.17, 15) is 9.59 Å². The van der Waals surface area contributed by atoms with Gasteiger partial charge in [-0.15, -0.1) is 0 Å². The Labute approximate surface area is 45.6 Å². The van der Waals surface area contributed by atoms with Crippen LogP contribution in [0.2, 0.25) is 0 Å². The second-order valence-electron chi connectivity index (χ2n) is 1.16. The Morgan fingerprint density at radius 3 is 2.75 bits per heavy atom. The van der Waals surface area contributed by atoms with Crippen molar-refractivity contribution in [3.63, 3.8) is 0 Å². The SMILES string of the molecule is O=C1[C]C(=O)NC=N1. The lowest BCUT2D eigenvalue weighted by atomic mass is 10.4. The molecule has 0 aromatic carbocycles. The van der Waals surface area contributed by atoms with Gasteiger partial charge in [-0.2, -0.15) is 0 Å². The molecule has 0 saturated carbocycles. The standard InChI is InChI=1S/C4H2N2O2/c7-3-1-4(8)6-2-5-3/h2H,(H,5,6,7,8). The quantitative estimate of drug-likeness (QED) is 0.423. The first-order chi connectivity index (χ1) is 3.79. The normalized spacial score (nSPS) is 18.5. The highest BCUT2D eigenvalue weighted by molar-refractivity contribution is 6.16. The van der Waals surface area contributed by atoms with Gasteiger partial charge in [0.25, 0.3) is 5.91 Å². The number of aliphatic imine (C=N–C) groups is 1. The van der Waals surface area contributed by atoms with Crippen LogP contribution in [0.5, 0.6) is 0 Å². The molecular formula is C4H2N2O2. The van der Waals surface area contributed by atoms with Crippen LogP contribution in [0.4, 0.5) is 0 Å². The monoisotopic (exact) mass is 110 g/mol. The van der Waals surface area contributed by atoms with Crippen molar-refractivity contribution in [1.29, 1.82) is 0 Å². The molecule has 1 aliphatic rings. The van der Waals surface area contributed by atoms with Gasteiger partial charge < -0.3 is 5.32 Å². The highest BCUT2D eigenvalue weighted by atomic mass is 16.2. The first kappa shape index (κ1) is 4.96. The van der Waals surface area contributed by atoms with Crippen LogP contribution in [-0.2, 0) is 9.59 Å². The summed E-state index contributed by atoms with van der Waals surface area (Å²) < 4.78 is 0. The fourth-order valence-electron chi connectivity index (χ4n) is 0.315. The lowest BCUT2D eigenvalue weighted by Gasteiger charge is -1.98. The van der Waals surface area contributed by atoms with Crippen molar-refractivity contribution >= 4 is 18.2 Å². The van der Waals surface area contributed by atoms with Gasteiger partial charge in [-0.05, 0) is 0 Å². The van der Waals surface area contributed by atoms with E-state index in [0.717, 1.165) is 6.34 Å². The summed E-state index contributed by atoms with van der Waals surface area (Å²) in [6.45, 7) is 0. The zero-order valence-corrected chi connectivity index (χ0v) is 3.84. The van der Waals surface area contributed by atoms with Gasteiger partial charge in [0.2, 0.25) is 5.91 Å². The summed E-state index contributed by atoms with van der Waals surface area (Å²) in [5.41, 5.74) is 0. The average Bonchev–Trinajstić information content (AvgIpc) is 1.64. The Bertz CT molecular complexity index is 161. The largest absolute Gasteiger partial charge is 0.316 e. The summed E-state index contributed by atoms with van der Waals surface area (Å²) in [6, 6.07) is 0. The average molecular weight is 110 g/mol. The van der Waals surface area contributed by atoms with Gasteiger partial charge in [-0.3, -0.25) is 9.59 Å². The van der Waals surface area contributed by atoms with Crippen LogP contribution in [0.15, 0.2) is 4.99 Å². The minimum atomic E-state index is -0.631. The number of carbonyl (C=O) groups excluding carboxylic acids is 2. The lowest BCUT2D eigenvalue weighted by Crippen LogP contribution is -2.29. The van der Waals surface area contributed by atoms with Gasteiger partial charge in [0.1, 0.15) is 0 Å². The summed E-state index contributed by atoms with van der Waals surface area (Å²) in [6.07, 6.45) is 2.94. The third-order valence-corrected chi connectivity index (χ3v) is 0.598. The maximum absolute atomic E-state index is 10.1. The summed E-state index contributed by atoms with van der Waals surface area (Å²) in [5, 5.41) is 2.15. The van der Waals surface area contributed by atoms with E-state index in [2.05, 4.69) is 10.3 Å². The molecule has 0 aromatic rings. The van der Waals surface area contributed by atoms with Crippen molar-refractivity contribution in [1.82, 2.24) is 5.32 Å². The van der Waals surface area contributed by atoms with Crippen LogP contribution < -0.4 is 5.32 Å². The Balaban J connectivity index is 2.68. The number of carbonyl (C=O) groups is 2. The first-order valence-corrected chi connectivity index (χ1v) is 1.93. The summed E-state index contributed by atoms with van der Waals surface area (Å²) in [4.78, 5) is 23.4. The Morgan fingerprint density at radius 1 is 1.62 bits per heavy atom. The molecule has 1 rings (SSSR count). The number of rotatable bonds is 0. The molecule has 1 aliphatic heterocycles. The van der Waals surface area contributed by atoms with Gasteiger partial charge in [-0.1, -0.05) is 0 Å². The number of hydrogen-bond donors (Lipinski definition) is 1. The van der Waals surface area contributed by atoms with Gasteiger partial charge >= 0.3 is 0 Å². The van der Waals surface area contributed by atoms with Crippen molar-refractivity contribution in [3.05, 3.63) is 6.42 Å². The van der Waals surface area contributed by atoms with Crippen LogP contribution in [0.25, 0.3) is 0 Å². The fourth-order valence-corrected chi connectivity index (χ4v) is 0.315. The number of nitrogens with one attached hydrogen (secondary N) is 1. The molecule has 4 heteroatoms. The highest BCUT2D eigenvalue weighted by Crippen LogP contribution is 1.85. The highest BCUT2D eigenvalue weighted by Gasteiger charge is 2.11. The minimum absolute atomic E-state index is 0.537. The fraction of sp³-hybridized carbons (Fsp3) is 0. The van der Waals surface area contributed by atoms with E-state index in [1.807, 2.05) is 6.42 Å². The summed E-state index contributed by atoms with van der Waals surface area (Å²) in [5.74, 6) is -1.17. The smallest absolute Gasteiger partial charge is 0.266 e. The molecule has 0 atom stereocenters. The van der Waals surface area contributed by atoms with Gasteiger partial charge in [0, 0.05) is 0 Å². The van der Waals surface area contributed by atoms with Gasteiger partial charge in [-0.25, -0.2) is 4.99 Å². The molecule has 0 bridgehead atoms. The maximum atomic E-state index is 10.1. The Kier molecular flexibility index (Phi) is 1.07.